The zero-order valence-electron chi connectivity index (χ0n) is 8.52. The Balaban J connectivity index is 2.17. The number of carbonyl (C=O) groups is 1. The molecule has 4 nitrogen and oxygen atoms in total. The first-order valence-corrected chi connectivity index (χ1v) is 5.10. The lowest BCUT2D eigenvalue weighted by molar-refractivity contribution is 0.102. The Bertz CT molecular complexity index is 545. The zero-order chi connectivity index (χ0) is 12.3. The van der Waals surface area contributed by atoms with Gasteiger partial charge in [0.2, 0.25) is 0 Å². The van der Waals surface area contributed by atoms with Crippen LogP contribution in [0.4, 0.5) is 10.2 Å². The number of rotatable bonds is 2. The number of hydrogen-bond acceptors (Lipinski definition) is 3. The maximum atomic E-state index is 13.3. The number of benzene rings is 1. The second-order valence-corrected chi connectivity index (χ2v) is 3.56. The molecule has 0 radical (unpaired) electrons. The summed E-state index contributed by atoms with van der Waals surface area (Å²) in [5.41, 5.74) is -0.0516. The molecule has 0 bridgehead atoms. The van der Waals surface area contributed by atoms with Gasteiger partial charge < -0.3 is 5.32 Å². The molecule has 1 aromatic carbocycles. The van der Waals surface area contributed by atoms with Crippen LogP contribution in [0.25, 0.3) is 0 Å². The van der Waals surface area contributed by atoms with Crippen LogP contribution in [0.5, 0.6) is 0 Å². The number of hydrogen-bond donors (Lipinski definition) is 1. The molecule has 1 heterocycles. The minimum atomic E-state index is -0.591. The van der Waals surface area contributed by atoms with Crippen molar-refractivity contribution in [3.8, 4) is 0 Å². The van der Waals surface area contributed by atoms with Gasteiger partial charge in [0, 0.05) is 0 Å². The normalized spacial score (nSPS) is 10.0. The van der Waals surface area contributed by atoms with Gasteiger partial charge in [-0.2, -0.15) is 0 Å². The van der Waals surface area contributed by atoms with E-state index in [1.807, 2.05) is 0 Å². The average molecular weight is 252 g/mol. The van der Waals surface area contributed by atoms with E-state index in [1.54, 1.807) is 6.07 Å². The molecule has 17 heavy (non-hydrogen) atoms. The van der Waals surface area contributed by atoms with E-state index in [2.05, 4.69) is 15.5 Å². The molecule has 2 rings (SSSR count). The molecule has 0 unspecified atom stereocenters. The van der Waals surface area contributed by atoms with Crippen LogP contribution >= 0.6 is 11.6 Å². The third-order valence-corrected chi connectivity index (χ3v) is 2.19. The van der Waals surface area contributed by atoms with E-state index in [0.717, 1.165) is 0 Å². The van der Waals surface area contributed by atoms with Gasteiger partial charge in [0.25, 0.3) is 5.91 Å². The van der Waals surface area contributed by atoms with Crippen LogP contribution in [0.2, 0.25) is 5.15 Å². The molecule has 0 aliphatic rings. The van der Waals surface area contributed by atoms with Crippen LogP contribution in [0.15, 0.2) is 36.4 Å². The molecule has 0 atom stereocenters. The first-order chi connectivity index (χ1) is 8.16. The van der Waals surface area contributed by atoms with Gasteiger partial charge in [-0.25, -0.2) is 4.39 Å². The standard InChI is InChI=1S/C11H7ClFN3O/c12-9-5-6-10(16-15-9)14-11(17)7-3-1-2-4-8(7)13/h1-6H,(H,14,16,17). The molecule has 0 aliphatic carbocycles. The van der Waals surface area contributed by atoms with Gasteiger partial charge in [-0.05, 0) is 24.3 Å². The Labute approximate surface area is 101 Å². The summed E-state index contributed by atoms with van der Waals surface area (Å²) in [6.45, 7) is 0. The summed E-state index contributed by atoms with van der Waals surface area (Å²) in [7, 11) is 0. The number of nitrogens with one attached hydrogen (secondary N) is 1. The van der Waals surface area contributed by atoms with Gasteiger partial charge in [-0.3, -0.25) is 4.79 Å². The van der Waals surface area contributed by atoms with Crippen molar-refractivity contribution >= 4 is 23.3 Å². The van der Waals surface area contributed by atoms with Crippen molar-refractivity contribution in [2.75, 3.05) is 5.32 Å². The van der Waals surface area contributed by atoms with Gasteiger partial charge in [-0.15, -0.1) is 10.2 Å². The fraction of sp³-hybridized carbons (Fsp3) is 0. The smallest absolute Gasteiger partial charge is 0.259 e. The highest BCUT2D eigenvalue weighted by Crippen LogP contribution is 2.10. The number of anilines is 1. The minimum Gasteiger partial charge on any atom is -0.305 e. The Kier molecular flexibility index (Phi) is 3.30. The first-order valence-electron chi connectivity index (χ1n) is 4.72. The summed E-state index contributed by atoms with van der Waals surface area (Å²) in [6.07, 6.45) is 0. The molecule has 6 heteroatoms. The first kappa shape index (κ1) is 11.5. The molecular weight excluding hydrogens is 245 g/mol. The van der Waals surface area contributed by atoms with Gasteiger partial charge in [-0.1, -0.05) is 23.7 Å². The van der Waals surface area contributed by atoms with Crippen LogP contribution < -0.4 is 5.32 Å². The fourth-order valence-electron chi connectivity index (χ4n) is 1.21. The van der Waals surface area contributed by atoms with E-state index in [0.29, 0.717) is 0 Å². The van der Waals surface area contributed by atoms with E-state index < -0.39 is 11.7 Å². The summed E-state index contributed by atoms with van der Waals surface area (Å²) in [5.74, 6) is -0.964. The number of aromatic nitrogens is 2. The van der Waals surface area contributed by atoms with Crippen LogP contribution in [-0.2, 0) is 0 Å². The lowest BCUT2D eigenvalue weighted by Crippen LogP contribution is -2.14. The summed E-state index contributed by atoms with van der Waals surface area (Å²) in [4.78, 5) is 11.7. The van der Waals surface area contributed by atoms with E-state index in [4.69, 9.17) is 11.6 Å². The van der Waals surface area contributed by atoms with Gasteiger partial charge >= 0.3 is 0 Å². The maximum Gasteiger partial charge on any atom is 0.259 e. The third-order valence-electron chi connectivity index (χ3n) is 1.99. The molecule has 0 saturated heterocycles. The average Bonchev–Trinajstić information content (AvgIpc) is 2.32. The summed E-state index contributed by atoms with van der Waals surface area (Å²) in [6, 6.07) is 8.63. The van der Waals surface area contributed by atoms with E-state index >= 15 is 0 Å². The maximum absolute atomic E-state index is 13.3. The Morgan fingerprint density at radius 3 is 2.59 bits per heavy atom. The topological polar surface area (TPSA) is 54.9 Å². The highest BCUT2D eigenvalue weighted by molar-refractivity contribution is 6.29. The predicted molar refractivity (Wildman–Crippen MR) is 61.4 cm³/mol. The molecule has 1 aromatic heterocycles. The SMILES string of the molecule is O=C(Nc1ccc(Cl)nn1)c1ccccc1F. The van der Waals surface area contributed by atoms with Crippen LogP contribution in [-0.4, -0.2) is 16.1 Å². The second-order valence-electron chi connectivity index (χ2n) is 3.18. The number of carbonyl (C=O) groups excluding carboxylic acids is 1. The summed E-state index contributed by atoms with van der Waals surface area (Å²) >= 11 is 5.54. The third kappa shape index (κ3) is 2.76. The highest BCUT2D eigenvalue weighted by Gasteiger charge is 2.11. The van der Waals surface area contributed by atoms with Crippen molar-refractivity contribution in [2.24, 2.45) is 0 Å². The number of amides is 1. The Hall–Kier alpha value is -2.01. The summed E-state index contributed by atoms with van der Waals surface area (Å²) in [5, 5.41) is 9.82. The highest BCUT2D eigenvalue weighted by atomic mass is 35.5. The molecule has 2 aromatic rings. The van der Waals surface area contributed by atoms with Gasteiger partial charge in [0.05, 0.1) is 5.56 Å². The molecule has 1 amide bonds. The van der Waals surface area contributed by atoms with Crippen LogP contribution in [0.3, 0.4) is 0 Å². The lowest BCUT2D eigenvalue weighted by Gasteiger charge is -2.04. The lowest BCUT2D eigenvalue weighted by atomic mass is 10.2. The van der Waals surface area contributed by atoms with Crippen molar-refractivity contribution in [1.29, 1.82) is 0 Å². The fourth-order valence-corrected chi connectivity index (χ4v) is 1.31. The minimum absolute atomic E-state index is 0.0516. The van der Waals surface area contributed by atoms with Gasteiger partial charge in [0.1, 0.15) is 5.82 Å². The molecule has 0 aliphatic heterocycles. The van der Waals surface area contributed by atoms with Crippen molar-refractivity contribution in [1.82, 2.24) is 10.2 Å². The summed E-state index contributed by atoms with van der Waals surface area (Å²) < 4.78 is 13.3. The molecular formula is C11H7ClFN3O. The Morgan fingerprint density at radius 2 is 1.94 bits per heavy atom. The van der Waals surface area contributed by atoms with Gasteiger partial charge in [0.15, 0.2) is 11.0 Å². The molecule has 1 N–H and O–H groups in total. The zero-order valence-corrected chi connectivity index (χ0v) is 9.28. The van der Waals surface area contributed by atoms with Crippen LogP contribution in [0, 0.1) is 5.82 Å². The quantitative estimate of drug-likeness (QED) is 0.892. The monoisotopic (exact) mass is 251 g/mol. The van der Waals surface area contributed by atoms with E-state index in [1.165, 1.54) is 30.3 Å². The Morgan fingerprint density at radius 1 is 1.18 bits per heavy atom. The van der Waals surface area contributed by atoms with Crippen molar-refractivity contribution in [2.45, 2.75) is 0 Å². The molecule has 0 saturated carbocycles. The van der Waals surface area contributed by atoms with E-state index in [-0.39, 0.29) is 16.5 Å². The second kappa shape index (κ2) is 4.88. The van der Waals surface area contributed by atoms with Crippen molar-refractivity contribution in [3.05, 3.63) is 52.9 Å². The van der Waals surface area contributed by atoms with Crippen LogP contribution in [0.1, 0.15) is 10.4 Å². The van der Waals surface area contributed by atoms with Crippen molar-refractivity contribution in [3.63, 3.8) is 0 Å². The van der Waals surface area contributed by atoms with Crippen molar-refractivity contribution < 1.29 is 9.18 Å². The largest absolute Gasteiger partial charge is 0.305 e. The molecule has 86 valence electrons. The molecule has 0 fully saturated rings. The van der Waals surface area contributed by atoms with E-state index in [9.17, 15) is 9.18 Å². The molecule has 0 spiro atoms. The number of halogens is 2. The number of nitrogens with zero attached hydrogens (tertiary/aromatic N) is 2. The predicted octanol–water partition coefficient (Wildman–Crippen LogP) is 2.52.